The van der Waals surface area contributed by atoms with Gasteiger partial charge >= 0.3 is 0 Å². The highest BCUT2D eigenvalue weighted by molar-refractivity contribution is 5.50. The van der Waals surface area contributed by atoms with Crippen LogP contribution in [0.2, 0.25) is 0 Å². The molecular formula is C20H32O. The van der Waals surface area contributed by atoms with E-state index in [1.807, 2.05) is 0 Å². The lowest BCUT2D eigenvalue weighted by Gasteiger charge is -2.42. The minimum absolute atomic E-state index is 0.239. The van der Waals surface area contributed by atoms with Crippen molar-refractivity contribution < 1.29 is 5.11 Å². The van der Waals surface area contributed by atoms with Crippen LogP contribution >= 0.6 is 0 Å². The van der Waals surface area contributed by atoms with Gasteiger partial charge in [-0.1, -0.05) is 26.7 Å². The Hall–Kier alpha value is -0.820. The van der Waals surface area contributed by atoms with E-state index in [9.17, 15) is 5.11 Å². The van der Waals surface area contributed by atoms with Crippen LogP contribution in [0.25, 0.3) is 0 Å². The molecule has 1 aromatic carbocycles. The van der Waals surface area contributed by atoms with Gasteiger partial charge in [0, 0.05) is 0 Å². The normalized spacial score (nSPS) is 23.1. The molecule has 2 rings (SSSR count). The average Bonchev–Trinajstić information content (AvgIpc) is 2.42. The van der Waals surface area contributed by atoms with Crippen molar-refractivity contribution in [3.8, 4) is 0 Å². The molecule has 118 valence electrons. The number of aliphatic hydroxyl groups excluding tert-OH is 1. The Balaban J connectivity index is 2.51. The minimum atomic E-state index is -0.321. The third-order valence-corrected chi connectivity index (χ3v) is 6.32. The molecule has 1 saturated carbocycles. The molecule has 1 aliphatic carbocycles. The number of benzene rings is 1. The SMILES string of the molecule is Cc1c(C)c(C)c(C(O)C2CCCCC2(C)C)c(C)c1C. The lowest BCUT2D eigenvalue weighted by Crippen LogP contribution is -2.33. The van der Waals surface area contributed by atoms with Gasteiger partial charge in [0.2, 0.25) is 0 Å². The summed E-state index contributed by atoms with van der Waals surface area (Å²) in [4.78, 5) is 0. The first-order chi connectivity index (χ1) is 9.68. The van der Waals surface area contributed by atoms with Gasteiger partial charge in [-0.15, -0.1) is 0 Å². The van der Waals surface area contributed by atoms with E-state index in [0.717, 1.165) is 6.42 Å². The quantitative estimate of drug-likeness (QED) is 0.764. The summed E-state index contributed by atoms with van der Waals surface area (Å²) in [5.74, 6) is 0.380. The number of hydrogen-bond acceptors (Lipinski definition) is 1. The number of rotatable bonds is 2. The minimum Gasteiger partial charge on any atom is -0.388 e. The standard InChI is InChI=1S/C20H32O/c1-12-13(2)15(4)18(16(5)14(12)3)19(21)17-10-8-9-11-20(17,6)7/h17,19,21H,8-11H2,1-7H3. The van der Waals surface area contributed by atoms with Crippen LogP contribution in [0, 0.1) is 46.0 Å². The highest BCUT2D eigenvalue weighted by atomic mass is 16.3. The number of aliphatic hydroxyl groups is 1. The Morgan fingerprint density at radius 3 is 1.81 bits per heavy atom. The van der Waals surface area contributed by atoms with Crippen molar-refractivity contribution in [1.29, 1.82) is 0 Å². The summed E-state index contributed by atoms with van der Waals surface area (Å²) in [5, 5.41) is 11.2. The molecule has 2 unspecified atom stereocenters. The molecule has 0 amide bonds. The summed E-state index contributed by atoms with van der Waals surface area (Å²) in [6.45, 7) is 15.6. The third-order valence-electron chi connectivity index (χ3n) is 6.32. The topological polar surface area (TPSA) is 20.2 Å². The van der Waals surface area contributed by atoms with Gasteiger partial charge in [-0.3, -0.25) is 0 Å². The van der Waals surface area contributed by atoms with Gasteiger partial charge in [-0.05, 0) is 92.2 Å². The average molecular weight is 288 g/mol. The maximum Gasteiger partial charge on any atom is 0.0828 e. The van der Waals surface area contributed by atoms with E-state index in [-0.39, 0.29) is 11.5 Å². The fourth-order valence-corrected chi connectivity index (χ4v) is 4.28. The smallest absolute Gasteiger partial charge is 0.0828 e. The molecule has 1 aromatic rings. The molecule has 0 heterocycles. The summed E-state index contributed by atoms with van der Waals surface area (Å²) in [6, 6.07) is 0. The Labute approximate surface area is 130 Å². The van der Waals surface area contributed by atoms with Crippen LogP contribution in [-0.2, 0) is 0 Å². The molecule has 21 heavy (non-hydrogen) atoms. The lowest BCUT2D eigenvalue weighted by molar-refractivity contribution is 0.00313. The van der Waals surface area contributed by atoms with Gasteiger partial charge in [0.25, 0.3) is 0 Å². The van der Waals surface area contributed by atoms with Crippen LogP contribution in [0.1, 0.15) is 79.0 Å². The van der Waals surface area contributed by atoms with Crippen molar-refractivity contribution in [1.82, 2.24) is 0 Å². The molecule has 0 radical (unpaired) electrons. The van der Waals surface area contributed by atoms with E-state index < -0.39 is 0 Å². The van der Waals surface area contributed by atoms with E-state index in [1.54, 1.807) is 0 Å². The van der Waals surface area contributed by atoms with Gasteiger partial charge in [-0.25, -0.2) is 0 Å². The first-order valence-electron chi connectivity index (χ1n) is 8.43. The summed E-state index contributed by atoms with van der Waals surface area (Å²) in [6.07, 6.45) is 4.63. The molecule has 0 aromatic heterocycles. The second-order valence-electron chi connectivity index (χ2n) is 7.82. The zero-order chi connectivity index (χ0) is 15.9. The molecule has 1 aliphatic rings. The summed E-state index contributed by atoms with van der Waals surface area (Å²) < 4.78 is 0. The van der Waals surface area contributed by atoms with Crippen molar-refractivity contribution in [2.45, 2.75) is 80.3 Å². The lowest BCUT2D eigenvalue weighted by atomic mass is 9.64. The Bertz CT molecular complexity index is 510. The summed E-state index contributed by atoms with van der Waals surface area (Å²) >= 11 is 0. The van der Waals surface area contributed by atoms with Crippen LogP contribution in [0.15, 0.2) is 0 Å². The second kappa shape index (κ2) is 5.76. The van der Waals surface area contributed by atoms with Gasteiger partial charge in [0.1, 0.15) is 0 Å². The fourth-order valence-electron chi connectivity index (χ4n) is 4.28. The highest BCUT2D eigenvalue weighted by Gasteiger charge is 2.38. The van der Waals surface area contributed by atoms with Crippen molar-refractivity contribution in [2.24, 2.45) is 11.3 Å². The molecule has 0 saturated heterocycles. The maximum absolute atomic E-state index is 11.2. The van der Waals surface area contributed by atoms with Crippen LogP contribution in [0.5, 0.6) is 0 Å². The van der Waals surface area contributed by atoms with Gasteiger partial charge in [0.15, 0.2) is 0 Å². The maximum atomic E-state index is 11.2. The van der Waals surface area contributed by atoms with Crippen LogP contribution < -0.4 is 0 Å². The first kappa shape index (κ1) is 16.5. The largest absolute Gasteiger partial charge is 0.388 e. The highest BCUT2D eigenvalue weighted by Crippen LogP contribution is 2.48. The third kappa shape index (κ3) is 2.77. The van der Waals surface area contributed by atoms with E-state index in [0.29, 0.717) is 5.92 Å². The van der Waals surface area contributed by atoms with Gasteiger partial charge in [0.05, 0.1) is 6.10 Å². The predicted octanol–water partition coefficient (Wildman–Crippen LogP) is 5.48. The van der Waals surface area contributed by atoms with Gasteiger partial charge in [-0.2, -0.15) is 0 Å². The second-order valence-corrected chi connectivity index (χ2v) is 7.82. The molecule has 2 atom stereocenters. The molecule has 0 spiro atoms. The molecule has 1 N–H and O–H groups in total. The van der Waals surface area contributed by atoms with E-state index >= 15 is 0 Å². The predicted molar refractivity (Wildman–Crippen MR) is 90.8 cm³/mol. The summed E-state index contributed by atoms with van der Waals surface area (Å²) in [5.41, 5.74) is 8.11. The molecular weight excluding hydrogens is 256 g/mol. The number of hydrogen-bond donors (Lipinski definition) is 1. The van der Waals surface area contributed by atoms with Crippen molar-refractivity contribution in [3.63, 3.8) is 0 Å². The van der Waals surface area contributed by atoms with Crippen LogP contribution in [-0.4, -0.2) is 5.11 Å². The molecule has 1 nitrogen and oxygen atoms in total. The van der Waals surface area contributed by atoms with Crippen molar-refractivity contribution in [2.75, 3.05) is 0 Å². The zero-order valence-corrected chi connectivity index (χ0v) is 14.9. The van der Waals surface area contributed by atoms with Crippen molar-refractivity contribution in [3.05, 3.63) is 33.4 Å². The monoisotopic (exact) mass is 288 g/mol. The zero-order valence-electron chi connectivity index (χ0n) is 14.9. The molecule has 1 heteroatoms. The summed E-state index contributed by atoms with van der Waals surface area (Å²) in [7, 11) is 0. The first-order valence-corrected chi connectivity index (χ1v) is 8.43. The van der Waals surface area contributed by atoms with E-state index in [2.05, 4.69) is 48.5 Å². The Morgan fingerprint density at radius 1 is 0.857 bits per heavy atom. The molecule has 0 bridgehead atoms. The van der Waals surface area contributed by atoms with E-state index in [4.69, 9.17) is 0 Å². The fraction of sp³-hybridized carbons (Fsp3) is 0.700. The van der Waals surface area contributed by atoms with Crippen LogP contribution in [0.4, 0.5) is 0 Å². The Morgan fingerprint density at radius 2 is 1.33 bits per heavy atom. The molecule has 0 aliphatic heterocycles. The molecule has 1 fully saturated rings. The van der Waals surface area contributed by atoms with E-state index in [1.165, 1.54) is 52.6 Å². The van der Waals surface area contributed by atoms with Crippen molar-refractivity contribution >= 4 is 0 Å². The Kier molecular flexibility index (Phi) is 4.54. The van der Waals surface area contributed by atoms with Gasteiger partial charge < -0.3 is 5.11 Å². The van der Waals surface area contributed by atoms with Crippen LogP contribution in [0.3, 0.4) is 0 Å².